The van der Waals surface area contributed by atoms with Crippen molar-refractivity contribution in [2.24, 2.45) is 4.99 Å². The van der Waals surface area contributed by atoms with E-state index in [1.54, 1.807) is 11.8 Å². The Kier molecular flexibility index (Phi) is 4.52. The Labute approximate surface area is 156 Å². The molecule has 0 N–H and O–H groups in total. The number of aliphatic imine (C=N–C) groups is 1. The maximum absolute atomic E-state index is 12.0. The Morgan fingerprint density at radius 3 is 2.68 bits per heavy atom. The molecule has 0 spiro atoms. The molecule has 0 amide bonds. The lowest BCUT2D eigenvalue weighted by Gasteiger charge is -2.26. The molecule has 4 nitrogen and oxygen atoms in total. The van der Waals surface area contributed by atoms with Crippen LogP contribution in [0.2, 0.25) is 5.02 Å². The highest BCUT2D eigenvalue weighted by Gasteiger charge is 2.47. The van der Waals surface area contributed by atoms with E-state index in [0.29, 0.717) is 5.02 Å². The topological polar surface area (TPSA) is 49.7 Å². The number of benzene rings is 2. The summed E-state index contributed by atoms with van der Waals surface area (Å²) in [5.41, 5.74) is 2.11. The highest BCUT2D eigenvalue weighted by atomic mass is 35.5. The molecule has 0 saturated carbocycles. The van der Waals surface area contributed by atoms with E-state index in [9.17, 15) is 8.42 Å². The summed E-state index contributed by atoms with van der Waals surface area (Å²) in [4.78, 5) is 6.78. The average molecular weight is 393 g/mol. The lowest BCUT2D eigenvalue weighted by atomic mass is 10.1. The number of amidine groups is 1. The monoisotopic (exact) mass is 392 g/mol. The van der Waals surface area contributed by atoms with Gasteiger partial charge in [0, 0.05) is 16.5 Å². The summed E-state index contributed by atoms with van der Waals surface area (Å²) in [7, 11) is -3.04. The Hall–Kier alpha value is -1.50. The van der Waals surface area contributed by atoms with Gasteiger partial charge in [0.25, 0.3) is 0 Å². The van der Waals surface area contributed by atoms with E-state index in [2.05, 4.69) is 17.0 Å². The average Bonchev–Trinajstić information content (AvgIpc) is 3.05. The Bertz CT molecular complexity index is 916. The van der Waals surface area contributed by atoms with E-state index in [1.165, 1.54) is 5.56 Å². The van der Waals surface area contributed by atoms with Crippen molar-refractivity contribution in [2.45, 2.75) is 17.8 Å². The van der Waals surface area contributed by atoms with Gasteiger partial charge < -0.3 is 4.90 Å². The fraction of sp³-hybridized carbons (Fsp3) is 0.278. The van der Waals surface area contributed by atoms with Crippen molar-refractivity contribution in [3.63, 3.8) is 0 Å². The van der Waals surface area contributed by atoms with Gasteiger partial charge in [0.15, 0.2) is 15.0 Å². The molecule has 1 saturated heterocycles. The number of nitrogens with zero attached hydrogens (tertiary/aromatic N) is 2. The second-order valence-electron chi connectivity index (χ2n) is 6.25. The third kappa shape index (κ3) is 3.57. The molecule has 0 aromatic heterocycles. The first-order valence-corrected chi connectivity index (χ1v) is 11.2. The van der Waals surface area contributed by atoms with E-state index < -0.39 is 9.84 Å². The Morgan fingerprint density at radius 2 is 1.92 bits per heavy atom. The minimum absolute atomic E-state index is 0.129. The van der Waals surface area contributed by atoms with Gasteiger partial charge in [-0.1, -0.05) is 59.8 Å². The van der Waals surface area contributed by atoms with Crippen molar-refractivity contribution in [2.75, 3.05) is 16.4 Å². The highest BCUT2D eigenvalue weighted by Crippen LogP contribution is 2.36. The zero-order chi connectivity index (χ0) is 17.4. The zero-order valence-corrected chi connectivity index (χ0v) is 15.8. The van der Waals surface area contributed by atoms with Crippen molar-refractivity contribution in [3.05, 3.63) is 65.2 Å². The maximum atomic E-state index is 12.0. The van der Waals surface area contributed by atoms with Crippen LogP contribution < -0.4 is 4.90 Å². The molecule has 0 unspecified atom stereocenters. The summed E-state index contributed by atoms with van der Waals surface area (Å²) in [6.45, 7) is 0. The lowest BCUT2D eigenvalue weighted by Crippen LogP contribution is -2.39. The SMILES string of the molecule is O=S1(=O)C[C@@H]2N=C(SCc3ccccc3)N(c3cccc(Cl)c3)[C@H]2C1. The van der Waals surface area contributed by atoms with Crippen molar-refractivity contribution in [1.82, 2.24) is 0 Å². The number of hydrogen-bond donors (Lipinski definition) is 0. The zero-order valence-electron chi connectivity index (χ0n) is 13.4. The first-order valence-electron chi connectivity index (χ1n) is 8.02. The summed E-state index contributed by atoms with van der Waals surface area (Å²) in [6, 6.07) is 17.4. The molecule has 2 aromatic rings. The predicted octanol–water partition coefficient (Wildman–Crippen LogP) is 3.62. The molecular formula is C18H17ClN2O2S2. The lowest BCUT2D eigenvalue weighted by molar-refractivity contribution is 0.601. The van der Waals surface area contributed by atoms with Crippen LogP contribution >= 0.6 is 23.4 Å². The van der Waals surface area contributed by atoms with Gasteiger partial charge in [-0.3, -0.25) is 4.99 Å². The van der Waals surface area contributed by atoms with Gasteiger partial charge in [-0.25, -0.2) is 8.42 Å². The van der Waals surface area contributed by atoms with E-state index in [1.807, 2.05) is 42.5 Å². The van der Waals surface area contributed by atoms with Crippen LogP contribution in [0.5, 0.6) is 0 Å². The van der Waals surface area contributed by atoms with E-state index in [0.717, 1.165) is 16.6 Å². The van der Waals surface area contributed by atoms with Gasteiger partial charge >= 0.3 is 0 Å². The number of fused-ring (bicyclic) bond motifs is 1. The van der Waals surface area contributed by atoms with E-state index >= 15 is 0 Å². The molecule has 7 heteroatoms. The molecule has 2 heterocycles. The van der Waals surface area contributed by atoms with Crippen LogP contribution in [0, 0.1) is 0 Å². The van der Waals surface area contributed by atoms with Crippen molar-refractivity contribution >= 4 is 44.1 Å². The minimum Gasteiger partial charge on any atom is -0.315 e. The number of anilines is 1. The van der Waals surface area contributed by atoms with E-state index in [4.69, 9.17) is 16.6 Å². The molecular weight excluding hydrogens is 376 g/mol. The minimum atomic E-state index is -3.04. The van der Waals surface area contributed by atoms with Crippen LogP contribution in [0.4, 0.5) is 5.69 Å². The van der Waals surface area contributed by atoms with Crippen LogP contribution in [0.3, 0.4) is 0 Å². The molecule has 2 aliphatic heterocycles. The fourth-order valence-electron chi connectivity index (χ4n) is 3.28. The molecule has 2 aromatic carbocycles. The first kappa shape index (κ1) is 16.9. The van der Waals surface area contributed by atoms with Crippen molar-refractivity contribution < 1.29 is 8.42 Å². The third-order valence-corrected chi connectivity index (χ3v) is 7.38. The number of halogens is 1. The largest absolute Gasteiger partial charge is 0.315 e. The van der Waals surface area contributed by atoms with Gasteiger partial charge in [0.05, 0.1) is 23.6 Å². The van der Waals surface area contributed by atoms with Crippen LogP contribution in [0.25, 0.3) is 0 Å². The molecule has 2 aliphatic rings. The van der Waals surface area contributed by atoms with Crippen LogP contribution in [-0.2, 0) is 15.6 Å². The molecule has 0 aliphatic carbocycles. The number of rotatable bonds is 3. The van der Waals surface area contributed by atoms with Crippen molar-refractivity contribution in [3.8, 4) is 0 Å². The standard InChI is InChI=1S/C18H17ClN2O2S2/c19-14-7-4-8-15(9-14)21-17-12-25(22,23)11-16(17)20-18(21)24-10-13-5-2-1-3-6-13/h1-9,16-17H,10-12H2/t16-,17-/m0/s1. The van der Waals surface area contributed by atoms with Gasteiger partial charge in [-0.15, -0.1) is 0 Å². The summed E-state index contributed by atoms with van der Waals surface area (Å²) >= 11 is 7.79. The van der Waals surface area contributed by atoms with Gasteiger partial charge in [0.2, 0.25) is 0 Å². The smallest absolute Gasteiger partial charge is 0.164 e. The molecule has 2 atom stereocenters. The van der Waals surface area contributed by atoms with Gasteiger partial charge in [0.1, 0.15) is 0 Å². The van der Waals surface area contributed by atoms with Gasteiger partial charge in [-0.05, 0) is 23.8 Å². The Morgan fingerprint density at radius 1 is 1.12 bits per heavy atom. The second-order valence-corrected chi connectivity index (χ2v) is 9.78. The normalized spacial score (nSPS) is 24.2. The molecule has 4 rings (SSSR count). The third-order valence-electron chi connectivity index (χ3n) is 4.40. The van der Waals surface area contributed by atoms with Crippen LogP contribution in [0.1, 0.15) is 5.56 Å². The summed E-state index contributed by atoms with van der Waals surface area (Å²) in [5.74, 6) is 1.07. The number of thioether (sulfide) groups is 1. The first-order chi connectivity index (χ1) is 12.0. The number of hydrogen-bond acceptors (Lipinski definition) is 5. The predicted molar refractivity (Wildman–Crippen MR) is 105 cm³/mol. The Balaban J connectivity index is 1.63. The molecule has 0 radical (unpaired) electrons. The summed E-state index contributed by atoms with van der Waals surface area (Å²) < 4.78 is 24.1. The number of sulfone groups is 1. The maximum Gasteiger partial charge on any atom is 0.164 e. The second kappa shape index (κ2) is 6.67. The summed E-state index contributed by atoms with van der Waals surface area (Å²) in [6.07, 6.45) is 0. The fourth-order valence-corrected chi connectivity index (χ4v) is 6.39. The quantitative estimate of drug-likeness (QED) is 0.800. The summed E-state index contributed by atoms with van der Waals surface area (Å²) in [5, 5.41) is 1.50. The van der Waals surface area contributed by atoms with Crippen molar-refractivity contribution in [1.29, 1.82) is 0 Å². The van der Waals surface area contributed by atoms with Crippen LogP contribution in [0.15, 0.2) is 59.6 Å². The highest BCUT2D eigenvalue weighted by molar-refractivity contribution is 8.13. The molecule has 25 heavy (non-hydrogen) atoms. The molecule has 130 valence electrons. The van der Waals surface area contributed by atoms with Crippen LogP contribution in [-0.4, -0.2) is 37.2 Å². The molecule has 1 fully saturated rings. The molecule has 0 bridgehead atoms. The van der Waals surface area contributed by atoms with Gasteiger partial charge in [-0.2, -0.15) is 0 Å². The van der Waals surface area contributed by atoms with E-state index in [-0.39, 0.29) is 23.6 Å².